The Morgan fingerprint density at radius 1 is 1.19 bits per heavy atom. The SMILES string of the molecule is O=C(Nc1ccc(C(F)(F)F)c(Cl)c1)Nc1cccc2c1CC(O)CC2. The number of alkyl halides is 3. The number of nitrogens with one attached hydrogen (secondary N) is 2. The highest BCUT2D eigenvalue weighted by atomic mass is 35.5. The van der Waals surface area contributed by atoms with Crippen LogP contribution in [0.1, 0.15) is 23.1 Å². The summed E-state index contributed by atoms with van der Waals surface area (Å²) in [5.74, 6) is 0. The van der Waals surface area contributed by atoms with Gasteiger partial charge < -0.3 is 15.7 Å². The molecule has 1 atom stereocenters. The van der Waals surface area contributed by atoms with Gasteiger partial charge in [-0.15, -0.1) is 0 Å². The summed E-state index contributed by atoms with van der Waals surface area (Å²) in [5, 5.41) is 14.5. The van der Waals surface area contributed by atoms with Crippen LogP contribution in [0.4, 0.5) is 29.3 Å². The molecule has 26 heavy (non-hydrogen) atoms. The predicted molar refractivity (Wildman–Crippen MR) is 93.6 cm³/mol. The number of aliphatic hydroxyl groups excluding tert-OH is 1. The van der Waals surface area contributed by atoms with Gasteiger partial charge in [-0.1, -0.05) is 23.7 Å². The molecule has 0 saturated heterocycles. The molecule has 0 aliphatic heterocycles. The van der Waals surface area contributed by atoms with Gasteiger partial charge in [0, 0.05) is 17.8 Å². The Morgan fingerprint density at radius 3 is 2.65 bits per heavy atom. The van der Waals surface area contributed by atoms with E-state index in [9.17, 15) is 23.1 Å². The molecule has 1 aliphatic rings. The highest BCUT2D eigenvalue weighted by molar-refractivity contribution is 6.31. The predicted octanol–water partition coefficient (Wildman–Crippen LogP) is 4.85. The van der Waals surface area contributed by atoms with E-state index in [4.69, 9.17) is 11.6 Å². The number of benzene rings is 2. The number of halogens is 4. The molecule has 2 amide bonds. The van der Waals surface area contributed by atoms with Crippen LogP contribution in [-0.4, -0.2) is 17.2 Å². The number of urea groups is 1. The minimum Gasteiger partial charge on any atom is -0.393 e. The van der Waals surface area contributed by atoms with Crippen molar-refractivity contribution in [3.63, 3.8) is 0 Å². The van der Waals surface area contributed by atoms with Crippen molar-refractivity contribution in [2.75, 3.05) is 10.6 Å². The van der Waals surface area contributed by atoms with Gasteiger partial charge in [-0.3, -0.25) is 0 Å². The lowest BCUT2D eigenvalue weighted by Crippen LogP contribution is -2.24. The molecular formula is C18H16ClF3N2O2. The number of aliphatic hydroxyl groups is 1. The fourth-order valence-corrected chi connectivity index (χ4v) is 3.28. The maximum Gasteiger partial charge on any atom is 0.417 e. The molecule has 2 aromatic carbocycles. The summed E-state index contributed by atoms with van der Waals surface area (Å²) in [6.45, 7) is 0. The molecular weight excluding hydrogens is 369 g/mol. The molecule has 0 spiro atoms. The largest absolute Gasteiger partial charge is 0.417 e. The monoisotopic (exact) mass is 384 g/mol. The number of carbonyl (C=O) groups is 1. The van der Waals surface area contributed by atoms with E-state index in [2.05, 4.69) is 10.6 Å². The summed E-state index contributed by atoms with van der Waals surface area (Å²) >= 11 is 5.65. The molecule has 3 N–H and O–H groups in total. The van der Waals surface area contributed by atoms with E-state index >= 15 is 0 Å². The van der Waals surface area contributed by atoms with Gasteiger partial charge in [0.05, 0.1) is 16.7 Å². The van der Waals surface area contributed by atoms with Crippen LogP contribution < -0.4 is 10.6 Å². The first-order valence-electron chi connectivity index (χ1n) is 7.97. The smallest absolute Gasteiger partial charge is 0.393 e. The zero-order valence-corrected chi connectivity index (χ0v) is 14.3. The maximum atomic E-state index is 12.7. The normalized spacial score (nSPS) is 16.7. The van der Waals surface area contributed by atoms with Crippen molar-refractivity contribution >= 4 is 29.0 Å². The fraction of sp³-hybridized carbons (Fsp3) is 0.278. The van der Waals surface area contributed by atoms with E-state index in [1.54, 1.807) is 12.1 Å². The molecule has 4 nitrogen and oxygen atoms in total. The first-order chi connectivity index (χ1) is 12.2. The quantitative estimate of drug-likeness (QED) is 0.693. The summed E-state index contributed by atoms with van der Waals surface area (Å²) in [5.41, 5.74) is 1.68. The highest BCUT2D eigenvalue weighted by Crippen LogP contribution is 2.36. The third kappa shape index (κ3) is 4.11. The van der Waals surface area contributed by atoms with Crippen molar-refractivity contribution in [2.24, 2.45) is 0 Å². The summed E-state index contributed by atoms with van der Waals surface area (Å²) in [4.78, 5) is 12.2. The molecule has 0 saturated carbocycles. The first kappa shape index (κ1) is 18.5. The van der Waals surface area contributed by atoms with E-state index in [0.717, 1.165) is 35.7 Å². The Morgan fingerprint density at radius 2 is 1.96 bits per heavy atom. The fourth-order valence-electron chi connectivity index (χ4n) is 2.99. The van der Waals surface area contributed by atoms with Crippen molar-refractivity contribution in [2.45, 2.75) is 31.5 Å². The zero-order chi connectivity index (χ0) is 18.9. The van der Waals surface area contributed by atoms with Crippen molar-refractivity contribution in [3.05, 3.63) is 58.1 Å². The number of hydrogen-bond donors (Lipinski definition) is 3. The molecule has 3 rings (SSSR count). The lowest BCUT2D eigenvalue weighted by Gasteiger charge is -2.23. The molecule has 0 radical (unpaired) electrons. The highest BCUT2D eigenvalue weighted by Gasteiger charge is 2.33. The second-order valence-corrected chi connectivity index (χ2v) is 6.52. The van der Waals surface area contributed by atoms with Gasteiger partial charge in [-0.25, -0.2) is 4.79 Å². The minimum absolute atomic E-state index is 0.144. The van der Waals surface area contributed by atoms with Gasteiger partial charge in [0.15, 0.2) is 0 Å². The number of fused-ring (bicyclic) bond motifs is 1. The van der Waals surface area contributed by atoms with Crippen molar-refractivity contribution < 1.29 is 23.1 Å². The van der Waals surface area contributed by atoms with Gasteiger partial charge >= 0.3 is 12.2 Å². The third-order valence-electron chi connectivity index (χ3n) is 4.24. The van der Waals surface area contributed by atoms with E-state index < -0.39 is 28.9 Å². The minimum atomic E-state index is -4.55. The molecule has 0 bridgehead atoms. The lowest BCUT2D eigenvalue weighted by molar-refractivity contribution is -0.137. The van der Waals surface area contributed by atoms with Crippen LogP contribution in [0.25, 0.3) is 0 Å². The summed E-state index contributed by atoms with van der Waals surface area (Å²) in [6, 6.07) is 7.87. The van der Waals surface area contributed by atoms with Crippen LogP contribution >= 0.6 is 11.6 Å². The average Bonchev–Trinajstić information content (AvgIpc) is 2.54. The topological polar surface area (TPSA) is 61.4 Å². The van der Waals surface area contributed by atoms with Crippen molar-refractivity contribution in [3.8, 4) is 0 Å². The van der Waals surface area contributed by atoms with E-state index in [-0.39, 0.29) is 5.69 Å². The Labute approximate surface area is 153 Å². The van der Waals surface area contributed by atoms with Gasteiger partial charge in [0.25, 0.3) is 0 Å². The Kier molecular flexibility index (Phi) is 5.11. The van der Waals surface area contributed by atoms with Crippen LogP contribution in [0.15, 0.2) is 36.4 Å². The average molecular weight is 385 g/mol. The zero-order valence-electron chi connectivity index (χ0n) is 13.5. The van der Waals surface area contributed by atoms with Crippen LogP contribution in [-0.2, 0) is 19.0 Å². The summed E-state index contributed by atoms with van der Waals surface area (Å²) in [7, 11) is 0. The van der Waals surface area contributed by atoms with Crippen LogP contribution in [0.5, 0.6) is 0 Å². The Balaban J connectivity index is 1.73. The molecule has 0 heterocycles. The number of carbonyl (C=O) groups excluding carboxylic acids is 1. The van der Waals surface area contributed by atoms with E-state index in [0.29, 0.717) is 18.5 Å². The molecule has 0 aromatic heterocycles. The molecule has 2 aromatic rings. The Hall–Kier alpha value is -2.25. The van der Waals surface area contributed by atoms with Crippen LogP contribution in [0.3, 0.4) is 0 Å². The van der Waals surface area contributed by atoms with Gasteiger partial charge in [0.2, 0.25) is 0 Å². The van der Waals surface area contributed by atoms with Gasteiger partial charge in [-0.05, 0) is 48.2 Å². The van der Waals surface area contributed by atoms with Crippen LogP contribution in [0, 0.1) is 0 Å². The second kappa shape index (κ2) is 7.17. The molecule has 1 aliphatic carbocycles. The molecule has 138 valence electrons. The molecule has 1 unspecified atom stereocenters. The summed E-state index contributed by atoms with van der Waals surface area (Å²) < 4.78 is 38.2. The number of hydrogen-bond acceptors (Lipinski definition) is 2. The van der Waals surface area contributed by atoms with Crippen molar-refractivity contribution in [1.29, 1.82) is 0 Å². The lowest BCUT2D eigenvalue weighted by atomic mass is 9.88. The number of anilines is 2. The second-order valence-electron chi connectivity index (χ2n) is 6.11. The standard InChI is InChI=1S/C18H16ClF3N2O2/c19-15-8-11(5-7-14(15)18(20,21)22)23-17(26)24-16-3-1-2-10-4-6-12(25)9-13(10)16/h1-3,5,7-8,12,25H,4,6,9H2,(H2,23,24,26). The van der Waals surface area contributed by atoms with Gasteiger partial charge in [-0.2, -0.15) is 13.2 Å². The van der Waals surface area contributed by atoms with Crippen molar-refractivity contribution in [1.82, 2.24) is 0 Å². The third-order valence-corrected chi connectivity index (χ3v) is 4.55. The van der Waals surface area contributed by atoms with Crippen LogP contribution in [0.2, 0.25) is 5.02 Å². The number of aryl methyl sites for hydroxylation is 1. The number of amides is 2. The molecule has 0 fully saturated rings. The van der Waals surface area contributed by atoms with Gasteiger partial charge in [0.1, 0.15) is 0 Å². The van der Waals surface area contributed by atoms with E-state index in [1.165, 1.54) is 0 Å². The molecule has 8 heteroatoms. The number of rotatable bonds is 2. The summed E-state index contributed by atoms with van der Waals surface area (Å²) in [6.07, 6.45) is -3.17. The Bertz CT molecular complexity index is 840. The maximum absolute atomic E-state index is 12.7. The van der Waals surface area contributed by atoms with E-state index in [1.807, 2.05) is 6.07 Å². The first-order valence-corrected chi connectivity index (χ1v) is 8.35.